The van der Waals surface area contributed by atoms with Gasteiger partial charge in [-0.25, -0.2) is 9.47 Å². The number of alkyl halides is 6. The van der Waals surface area contributed by atoms with E-state index in [2.05, 4.69) is 18.9 Å². The molecule has 0 saturated heterocycles. The Morgan fingerprint density at radius 1 is 0.676 bits per heavy atom. The molecule has 0 heterocycles. The topological polar surface area (TPSA) is 116 Å². The second-order valence-electron chi connectivity index (χ2n) is 7.19. The Balaban J connectivity index is 4.17. The summed E-state index contributed by atoms with van der Waals surface area (Å²) in [6.07, 6.45) is -14.3. The van der Waals surface area contributed by atoms with Crippen molar-refractivity contribution >= 4 is 0 Å². The fraction of sp³-hybridized carbons (Fsp3) is 1.00. The number of hydrogen-bond acceptors (Lipinski definition) is 9. The van der Waals surface area contributed by atoms with Crippen LogP contribution in [0.1, 0.15) is 32.6 Å². The van der Waals surface area contributed by atoms with Crippen molar-refractivity contribution in [3.8, 4) is 0 Å². The number of rotatable bonds is 23. The maximum atomic E-state index is 13.5. The van der Waals surface area contributed by atoms with E-state index in [0.717, 1.165) is 12.8 Å². The summed E-state index contributed by atoms with van der Waals surface area (Å²) in [5.41, 5.74) is 0. The predicted molar refractivity (Wildman–Crippen MR) is 104 cm³/mol. The Morgan fingerprint density at radius 3 is 1.74 bits per heavy atom. The van der Waals surface area contributed by atoms with Crippen molar-refractivity contribution in [3.63, 3.8) is 0 Å². The van der Waals surface area contributed by atoms with E-state index in [0.29, 0.717) is 6.42 Å². The minimum atomic E-state index is -5.38. The van der Waals surface area contributed by atoms with Gasteiger partial charge in [-0.15, -0.1) is 8.78 Å². The Kier molecular flexibility index (Phi) is 17.2. The lowest BCUT2D eigenvalue weighted by molar-refractivity contribution is -0.518. The average Bonchev–Trinajstić information content (AvgIpc) is 2.69. The van der Waals surface area contributed by atoms with Crippen molar-refractivity contribution in [3.05, 3.63) is 0 Å². The molecule has 0 spiro atoms. The molecular formula is C19H34F6O9. The van der Waals surface area contributed by atoms with Crippen LogP contribution in [0, 0.1) is 0 Å². The third kappa shape index (κ3) is 19.5. The van der Waals surface area contributed by atoms with E-state index in [-0.39, 0.29) is 39.5 Å². The highest BCUT2D eigenvalue weighted by molar-refractivity contribution is 4.59. The predicted octanol–water partition coefficient (Wildman–Crippen LogP) is 2.12. The van der Waals surface area contributed by atoms with Crippen molar-refractivity contribution < 1.29 is 70.1 Å². The van der Waals surface area contributed by atoms with Crippen LogP contribution in [0.3, 0.4) is 0 Å². The van der Waals surface area contributed by atoms with Crippen LogP contribution in [-0.2, 0) is 28.4 Å². The van der Waals surface area contributed by atoms with Gasteiger partial charge in [0.1, 0.15) is 19.3 Å². The molecule has 0 aliphatic rings. The smallest absolute Gasteiger partial charge is 0.394 e. The van der Waals surface area contributed by atoms with Gasteiger partial charge in [0.05, 0.1) is 52.4 Å². The third-order valence-corrected chi connectivity index (χ3v) is 3.76. The molecule has 0 bridgehead atoms. The summed E-state index contributed by atoms with van der Waals surface area (Å²) in [7, 11) is 0. The Labute approximate surface area is 193 Å². The van der Waals surface area contributed by atoms with Crippen LogP contribution < -0.4 is 0 Å². The van der Waals surface area contributed by atoms with Gasteiger partial charge in [-0.3, -0.25) is 0 Å². The standard InChI is InChI=1S/C19H34F6O9/c1-2-3-4-5-15(27)10-32-14-18(22,23)34-19(24,25)33-17(20,21)13-31-9-8-30-12-16(28)11-29-7-6-26/h15-16,26-28H,2-14H2,1H3. The van der Waals surface area contributed by atoms with Crippen LogP contribution in [0.2, 0.25) is 0 Å². The van der Waals surface area contributed by atoms with Gasteiger partial charge in [-0.1, -0.05) is 26.2 Å². The van der Waals surface area contributed by atoms with Gasteiger partial charge in [-0.2, -0.15) is 17.6 Å². The number of aliphatic hydroxyl groups is 3. The fourth-order valence-corrected chi connectivity index (χ4v) is 2.31. The molecule has 0 aromatic rings. The molecule has 3 N–H and O–H groups in total. The minimum absolute atomic E-state index is 0.00477. The van der Waals surface area contributed by atoms with E-state index in [1.165, 1.54) is 0 Å². The fourth-order valence-electron chi connectivity index (χ4n) is 2.31. The van der Waals surface area contributed by atoms with E-state index in [9.17, 15) is 36.6 Å². The van der Waals surface area contributed by atoms with Crippen molar-refractivity contribution in [1.82, 2.24) is 0 Å². The van der Waals surface area contributed by atoms with Gasteiger partial charge in [-0.05, 0) is 6.42 Å². The summed E-state index contributed by atoms with van der Waals surface area (Å²) < 4.78 is 105. The molecule has 206 valence electrons. The maximum Gasteiger partial charge on any atom is 0.495 e. The van der Waals surface area contributed by atoms with E-state index in [1.807, 2.05) is 6.92 Å². The SMILES string of the molecule is CCCCCC(O)COCC(F)(F)OC(F)(F)OC(F)(F)COCCOCC(O)COCCO. The van der Waals surface area contributed by atoms with Crippen molar-refractivity contribution in [2.75, 3.05) is 59.5 Å². The number of halogens is 6. The molecule has 0 saturated carbocycles. The first kappa shape index (κ1) is 33.2. The van der Waals surface area contributed by atoms with E-state index >= 15 is 0 Å². The van der Waals surface area contributed by atoms with Gasteiger partial charge < -0.3 is 34.3 Å². The first-order valence-electron chi connectivity index (χ1n) is 10.6. The Hall–Kier alpha value is -0.780. The molecule has 9 nitrogen and oxygen atoms in total. The molecule has 0 aliphatic heterocycles. The first-order valence-corrected chi connectivity index (χ1v) is 10.6. The molecule has 0 fully saturated rings. The summed E-state index contributed by atoms with van der Waals surface area (Å²) >= 11 is 0. The zero-order chi connectivity index (χ0) is 26.1. The van der Waals surface area contributed by atoms with Gasteiger partial charge in [0.25, 0.3) is 0 Å². The van der Waals surface area contributed by atoms with Crippen LogP contribution in [-0.4, -0.2) is 106 Å². The normalized spacial score (nSPS) is 15.0. The van der Waals surface area contributed by atoms with Gasteiger partial charge in [0, 0.05) is 0 Å². The molecule has 0 rings (SSSR count). The maximum absolute atomic E-state index is 13.5. The first-order chi connectivity index (χ1) is 15.8. The molecule has 2 unspecified atom stereocenters. The monoisotopic (exact) mass is 520 g/mol. The van der Waals surface area contributed by atoms with E-state index in [4.69, 9.17) is 14.6 Å². The molecule has 0 amide bonds. The lowest BCUT2D eigenvalue weighted by Gasteiger charge is -2.26. The average molecular weight is 520 g/mol. The Morgan fingerprint density at radius 2 is 1.18 bits per heavy atom. The summed E-state index contributed by atoms with van der Waals surface area (Å²) in [5, 5.41) is 27.4. The van der Waals surface area contributed by atoms with Crippen LogP contribution in [0.4, 0.5) is 26.3 Å². The number of aliphatic hydroxyl groups excluding tert-OH is 3. The summed E-state index contributed by atoms with van der Waals surface area (Å²) in [4.78, 5) is 0. The Bertz CT molecular complexity index is 503. The van der Waals surface area contributed by atoms with Gasteiger partial charge >= 0.3 is 18.5 Å². The molecule has 0 aromatic heterocycles. The third-order valence-electron chi connectivity index (χ3n) is 3.76. The van der Waals surface area contributed by atoms with Crippen LogP contribution in [0.25, 0.3) is 0 Å². The van der Waals surface area contributed by atoms with E-state index < -0.39 is 57.1 Å². The largest absolute Gasteiger partial charge is 0.495 e. The highest BCUT2D eigenvalue weighted by Crippen LogP contribution is 2.33. The second-order valence-corrected chi connectivity index (χ2v) is 7.19. The summed E-state index contributed by atoms with van der Waals surface area (Å²) in [6.45, 7) is -3.54. The number of unbranched alkanes of at least 4 members (excludes halogenated alkanes) is 2. The van der Waals surface area contributed by atoms with Crippen LogP contribution in [0.5, 0.6) is 0 Å². The quantitative estimate of drug-likeness (QED) is 0.106. The minimum Gasteiger partial charge on any atom is -0.394 e. The molecule has 0 aliphatic carbocycles. The molecular weight excluding hydrogens is 486 g/mol. The highest BCUT2D eigenvalue weighted by atomic mass is 19.3. The summed E-state index contributed by atoms with van der Waals surface area (Å²) in [5.74, 6) is 0. The number of hydrogen-bond donors (Lipinski definition) is 3. The lowest BCUT2D eigenvalue weighted by atomic mass is 10.1. The highest BCUT2D eigenvalue weighted by Gasteiger charge is 2.52. The van der Waals surface area contributed by atoms with Crippen LogP contribution >= 0.6 is 0 Å². The summed E-state index contributed by atoms with van der Waals surface area (Å²) in [6, 6.07) is 0. The molecule has 0 aromatic carbocycles. The van der Waals surface area contributed by atoms with Crippen molar-refractivity contribution in [2.24, 2.45) is 0 Å². The van der Waals surface area contributed by atoms with Crippen molar-refractivity contribution in [1.29, 1.82) is 0 Å². The molecule has 15 heteroatoms. The van der Waals surface area contributed by atoms with E-state index in [1.54, 1.807) is 0 Å². The molecule has 0 radical (unpaired) electrons. The zero-order valence-electron chi connectivity index (χ0n) is 18.9. The van der Waals surface area contributed by atoms with Crippen molar-refractivity contribution in [2.45, 2.75) is 63.3 Å². The zero-order valence-corrected chi connectivity index (χ0v) is 18.9. The van der Waals surface area contributed by atoms with Gasteiger partial charge in [0.15, 0.2) is 0 Å². The second kappa shape index (κ2) is 17.6. The molecule has 2 atom stereocenters. The lowest BCUT2D eigenvalue weighted by Crippen LogP contribution is -2.44. The van der Waals surface area contributed by atoms with Gasteiger partial charge in [0.2, 0.25) is 0 Å². The molecule has 34 heavy (non-hydrogen) atoms. The number of ether oxygens (including phenoxy) is 6. The van der Waals surface area contributed by atoms with Crippen LogP contribution in [0.15, 0.2) is 0 Å².